The van der Waals surface area contributed by atoms with Gasteiger partial charge in [0.25, 0.3) is 0 Å². The molecule has 2 heterocycles. The minimum absolute atomic E-state index is 0.741. The van der Waals surface area contributed by atoms with Crippen molar-refractivity contribution < 1.29 is 4.42 Å². The standard InChI is InChI=1S/C14H13N3OS/c15-12-5-6-19-14(12)8-17-11-3-1-10(2-4-11)13-7-16-9-18-13/h1-7,9,17H,8,15H2. The van der Waals surface area contributed by atoms with Gasteiger partial charge in [-0.15, -0.1) is 11.3 Å². The third kappa shape index (κ3) is 2.61. The number of aromatic nitrogens is 1. The number of thiophene rings is 1. The highest BCUT2D eigenvalue weighted by molar-refractivity contribution is 7.10. The van der Waals surface area contributed by atoms with E-state index in [2.05, 4.69) is 10.3 Å². The summed E-state index contributed by atoms with van der Waals surface area (Å²) in [7, 11) is 0. The maximum atomic E-state index is 5.84. The van der Waals surface area contributed by atoms with Gasteiger partial charge in [-0.05, 0) is 35.7 Å². The number of nitrogens with zero attached hydrogens (tertiary/aromatic N) is 1. The molecule has 1 aromatic carbocycles. The summed E-state index contributed by atoms with van der Waals surface area (Å²) in [5.74, 6) is 0.772. The number of benzene rings is 1. The number of hydrogen-bond acceptors (Lipinski definition) is 5. The molecule has 0 aliphatic carbocycles. The summed E-state index contributed by atoms with van der Waals surface area (Å²) in [5, 5.41) is 5.34. The lowest BCUT2D eigenvalue weighted by molar-refractivity contribution is 0.572. The monoisotopic (exact) mass is 271 g/mol. The first-order valence-corrected chi connectivity index (χ1v) is 6.75. The first kappa shape index (κ1) is 11.8. The molecule has 0 amide bonds. The average molecular weight is 271 g/mol. The molecule has 0 fully saturated rings. The first-order valence-electron chi connectivity index (χ1n) is 5.87. The van der Waals surface area contributed by atoms with E-state index in [4.69, 9.17) is 10.2 Å². The number of hydrogen-bond donors (Lipinski definition) is 2. The van der Waals surface area contributed by atoms with E-state index >= 15 is 0 Å². The number of oxazole rings is 1. The van der Waals surface area contributed by atoms with Crippen LogP contribution in [-0.4, -0.2) is 4.98 Å². The van der Waals surface area contributed by atoms with Gasteiger partial charge < -0.3 is 15.5 Å². The summed E-state index contributed by atoms with van der Waals surface area (Å²) in [5.41, 5.74) is 8.75. The highest BCUT2D eigenvalue weighted by Gasteiger charge is 2.02. The van der Waals surface area contributed by atoms with Gasteiger partial charge >= 0.3 is 0 Å². The van der Waals surface area contributed by atoms with Gasteiger partial charge in [-0.3, -0.25) is 0 Å². The van der Waals surface area contributed by atoms with Crippen LogP contribution >= 0.6 is 11.3 Å². The fourth-order valence-electron chi connectivity index (χ4n) is 1.79. The zero-order valence-corrected chi connectivity index (χ0v) is 11.0. The van der Waals surface area contributed by atoms with E-state index in [0.717, 1.165) is 34.1 Å². The second-order valence-electron chi connectivity index (χ2n) is 4.10. The highest BCUT2D eigenvalue weighted by atomic mass is 32.1. The molecule has 0 saturated heterocycles. The Morgan fingerprint density at radius 3 is 2.68 bits per heavy atom. The van der Waals surface area contributed by atoms with E-state index in [-0.39, 0.29) is 0 Å². The third-order valence-corrected chi connectivity index (χ3v) is 3.77. The molecule has 0 aliphatic rings. The van der Waals surface area contributed by atoms with Crippen LogP contribution in [0.1, 0.15) is 4.88 Å². The van der Waals surface area contributed by atoms with Crippen LogP contribution in [0.3, 0.4) is 0 Å². The van der Waals surface area contributed by atoms with E-state index in [1.807, 2.05) is 35.7 Å². The fourth-order valence-corrected chi connectivity index (χ4v) is 2.53. The Morgan fingerprint density at radius 2 is 2.05 bits per heavy atom. The molecule has 0 unspecified atom stereocenters. The van der Waals surface area contributed by atoms with Gasteiger partial charge in [0.05, 0.1) is 12.7 Å². The molecule has 0 atom stereocenters. The average Bonchev–Trinajstić information content (AvgIpc) is 3.09. The van der Waals surface area contributed by atoms with E-state index in [1.54, 1.807) is 17.5 Å². The molecule has 96 valence electrons. The predicted molar refractivity (Wildman–Crippen MR) is 78.0 cm³/mol. The van der Waals surface area contributed by atoms with Crippen molar-refractivity contribution in [2.45, 2.75) is 6.54 Å². The smallest absolute Gasteiger partial charge is 0.181 e. The van der Waals surface area contributed by atoms with Crippen molar-refractivity contribution >= 4 is 22.7 Å². The van der Waals surface area contributed by atoms with Gasteiger partial charge in [-0.1, -0.05) is 0 Å². The normalized spacial score (nSPS) is 10.5. The minimum atomic E-state index is 0.741. The van der Waals surface area contributed by atoms with Gasteiger partial charge in [0.2, 0.25) is 0 Å². The van der Waals surface area contributed by atoms with Gasteiger partial charge in [0, 0.05) is 21.8 Å². The molecular weight excluding hydrogens is 258 g/mol. The summed E-state index contributed by atoms with van der Waals surface area (Å²) in [6.45, 7) is 0.741. The Bertz CT molecular complexity index is 644. The molecule has 0 aliphatic heterocycles. The van der Waals surface area contributed by atoms with Crippen molar-refractivity contribution in [3.05, 3.63) is 53.2 Å². The Kier molecular flexibility index (Phi) is 3.20. The van der Waals surface area contributed by atoms with Crippen molar-refractivity contribution in [3.8, 4) is 11.3 Å². The second kappa shape index (κ2) is 5.16. The van der Waals surface area contributed by atoms with Crippen LogP contribution < -0.4 is 11.1 Å². The van der Waals surface area contributed by atoms with Crippen LogP contribution in [0.25, 0.3) is 11.3 Å². The summed E-state index contributed by atoms with van der Waals surface area (Å²) in [6, 6.07) is 9.96. The molecule has 0 radical (unpaired) electrons. The summed E-state index contributed by atoms with van der Waals surface area (Å²) < 4.78 is 5.25. The number of rotatable bonds is 4. The van der Waals surface area contributed by atoms with Crippen molar-refractivity contribution in [2.24, 2.45) is 0 Å². The maximum Gasteiger partial charge on any atom is 0.181 e. The summed E-state index contributed by atoms with van der Waals surface area (Å²) in [6.07, 6.45) is 3.13. The van der Waals surface area contributed by atoms with Gasteiger partial charge in [-0.2, -0.15) is 0 Å². The number of anilines is 2. The molecule has 3 N–H and O–H groups in total. The molecule has 5 heteroatoms. The molecule has 19 heavy (non-hydrogen) atoms. The van der Waals surface area contributed by atoms with Crippen molar-refractivity contribution in [3.63, 3.8) is 0 Å². The molecule has 3 rings (SSSR count). The molecule has 0 spiro atoms. The van der Waals surface area contributed by atoms with E-state index in [0.29, 0.717) is 0 Å². The van der Waals surface area contributed by atoms with Crippen LogP contribution in [0.5, 0.6) is 0 Å². The third-order valence-electron chi connectivity index (χ3n) is 2.83. The Morgan fingerprint density at radius 1 is 1.21 bits per heavy atom. The molecule has 0 bridgehead atoms. The zero-order chi connectivity index (χ0) is 13.1. The molecule has 0 saturated carbocycles. The molecular formula is C14H13N3OS. The van der Waals surface area contributed by atoms with E-state index < -0.39 is 0 Å². The molecule has 2 aromatic heterocycles. The molecule has 3 aromatic rings. The van der Waals surface area contributed by atoms with Gasteiger partial charge in [-0.25, -0.2) is 4.98 Å². The largest absolute Gasteiger partial charge is 0.444 e. The van der Waals surface area contributed by atoms with Crippen LogP contribution in [0, 0.1) is 0 Å². The number of nitrogens with two attached hydrogens (primary N) is 1. The topological polar surface area (TPSA) is 64.1 Å². The number of nitrogen functional groups attached to an aromatic ring is 1. The fraction of sp³-hybridized carbons (Fsp3) is 0.0714. The lowest BCUT2D eigenvalue weighted by Crippen LogP contribution is -1.99. The van der Waals surface area contributed by atoms with Crippen molar-refractivity contribution in [1.82, 2.24) is 4.98 Å². The van der Waals surface area contributed by atoms with Crippen molar-refractivity contribution in [2.75, 3.05) is 11.1 Å². The van der Waals surface area contributed by atoms with Crippen LogP contribution in [0.4, 0.5) is 11.4 Å². The Balaban J connectivity index is 1.68. The predicted octanol–water partition coefficient (Wildman–Crippen LogP) is 3.60. The van der Waals surface area contributed by atoms with Gasteiger partial charge in [0.1, 0.15) is 0 Å². The van der Waals surface area contributed by atoms with Crippen LogP contribution in [0.2, 0.25) is 0 Å². The lowest BCUT2D eigenvalue weighted by Gasteiger charge is -2.06. The molecule has 4 nitrogen and oxygen atoms in total. The van der Waals surface area contributed by atoms with Gasteiger partial charge in [0.15, 0.2) is 12.2 Å². The quantitative estimate of drug-likeness (QED) is 0.761. The maximum absolute atomic E-state index is 5.84. The summed E-state index contributed by atoms with van der Waals surface area (Å²) >= 11 is 1.66. The SMILES string of the molecule is Nc1ccsc1CNc1ccc(-c2cnco2)cc1. The van der Waals surface area contributed by atoms with Crippen LogP contribution in [-0.2, 0) is 6.54 Å². The van der Waals surface area contributed by atoms with E-state index in [9.17, 15) is 0 Å². The van der Waals surface area contributed by atoms with Crippen LogP contribution in [0.15, 0.2) is 52.7 Å². The summed E-state index contributed by atoms with van der Waals surface area (Å²) in [4.78, 5) is 5.06. The van der Waals surface area contributed by atoms with E-state index in [1.165, 1.54) is 6.39 Å². The Hall–Kier alpha value is -2.27. The highest BCUT2D eigenvalue weighted by Crippen LogP contribution is 2.23. The first-order chi connectivity index (χ1) is 9.33. The zero-order valence-electron chi connectivity index (χ0n) is 10.2. The second-order valence-corrected chi connectivity index (χ2v) is 5.10. The lowest BCUT2D eigenvalue weighted by atomic mass is 10.1. The Labute approximate surface area is 114 Å². The number of nitrogens with one attached hydrogen (secondary N) is 1. The minimum Gasteiger partial charge on any atom is -0.444 e. The van der Waals surface area contributed by atoms with Crippen molar-refractivity contribution in [1.29, 1.82) is 0 Å².